The molecule has 0 amide bonds. The SMILES string of the molecule is CN1CC(CN)c2c(Cl)ccc(Cl)c21. The number of benzene rings is 1. The van der Waals surface area contributed by atoms with Gasteiger partial charge in [-0.05, 0) is 12.1 Å². The Morgan fingerprint density at radius 2 is 2.07 bits per heavy atom. The molecule has 0 aromatic heterocycles. The van der Waals surface area contributed by atoms with E-state index in [0.29, 0.717) is 12.5 Å². The summed E-state index contributed by atoms with van der Waals surface area (Å²) in [5, 5.41) is 1.52. The average Bonchev–Trinajstić information content (AvgIpc) is 2.50. The lowest BCUT2D eigenvalue weighted by Gasteiger charge is -2.13. The van der Waals surface area contributed by atoms with Gasteiger partial charge in [0.15, 0.2) is 0 Å². The van der Waals surface area contributed by atoms with Crippen molar-refractivity contribution >= 4 is 28.9 Å². The quantitative estimate of drug-likeness (QED) is 0.804. The van der Waals surface area contributed by atoms with Crippen LogP contribution in [-0.2, 0) is 0 Å². The molecular formula is C10H12Cl2N2. The minimum atomic E-state index is 0.307. The third-order valence-corrected chi connectivity index (χ3v) is 3.32. The summed E-state index contributed by atoms with van der Waals surface area (Å²) < 4.78 is 0. The maximum atomic E-state index is 6.14. The van der Waals surface area contributed by atoms with Crippen molar-refractivity contribution in [1.29, 1.82) is 0 Å². The van der Waals surface area contributed by atoms with E-state index in [-0.39, 0.29) is 0 Å². The molecule has 1 aliphatic rings. The van der Waals surface area contributed by atoms with Crippen LogP contribution in [0, 0.1) is 0 Å². The number of anilines is 1. The molecule has 0 radical (unpaired) electrons. The predicted octanol–water partition coefficient (Wildman–Crippen LogP) is 2.49. The van der Waals surface area contributed by atoms with Gasteiger partial charge in [-0.1, -0.05) is 23.2 Å². The monoisotopic (exact) mass is 230 g/mol. The van der Waals surface area contributed by atoms with Crippen molar-refractivity contribution in [2.75, 3.05) is 25.0 Å². The highest BCUT2D eigenvalue weighted by Crippen LogP contribution is 2.43. The van der Waals surface area contributed by atoms with E-state index in [4.69, 9.17) is 28.9 Å². The number of hydrogen-bond acceptors (Lipinski definition) is 2. The van der Waals surface area contributed by atoms with E-state index in [1.54, 1.807) is 0 Å². The molecule has 0 saturated carbocycles. The molecule has 1 aromatic rings. The molecule has 1 heterocycles. The van der Waals surface area contributed by atoms with E-state index >= 15 is 0 Å². The molecule has 1 atom stereocenters. The zero-order valence-electron chi connectivity index (χ0n) is 7.93. The Kier molecular flexibility index (Phi) is 2.60. The van der Waals surface area contributed by atoms with Gasteiger partial charge in [0, 0.05) is 36.6 Å². The number of nitrogens with two attached hydrogens (primary N) is 1. The second-order valence-corrected chi connectivity index (χ2v) is 4.42. The molecule has 4 heteroatoms. The second-order valence-electron chi connectivity index (χ2n) is 3.60. The van der Waals surface area contributed by atoms with Crippen LogP contribution in [-0.4, -0.2) is 20.1 Å². The maximum absolute atomic E-state index is 6.14. The predicted molar refractivity (Wildman–Crippen MR) is 61.5 cm³/mol. The van der Waals surface area contributed by atoms with Crippen LogP contribution in [0.2, 0.25) is 10.0 Å². The first-order valence-corrected chi connectivity index (χ1v) is 5.30. The van der Waals surface area contributed by atoms with E-state index in [2.05, 4.69) is 4.90 Å². The van der Waals surface area contributed by atoms with Crippen molar-refractivity contribution in [3.8, 4) is 0 Å². The molecule has 2 nitrogen and oxygen atoms in total. The highest BCUT2D eigenvalue weighted by atomic mass is 35.5. The number of rotatable bonds is 1. The van der Waals surface area contributed by atoms with E-state index in [0.717, 1.165) is 27.8 Å². The van der Waals surface area contributed by atoms with Gasteiger partial charge in [-0.2, -0.15) is 0 Å². The summed E-state index contributed by atoms with van der Waals surface area (Å²) in [5.41, 5.74) is 7.84. The van der Waals surface area contributed by atoms with Crippen LogP contribution in [0.4, 0.5) is 5.69 Å². The molecule has 2 rings (SSSR count). The molecule has 0 aliphatic carbocycles. The summed E-state index contributed by atoms with van der Waals surface area (Å²) in [6, 6.07) is 3.67. The third kappa shape index (κ3) is 1.38. The fourth-order valence-corrected chi connectivity index (χ4v) is 2.65. The molecule has 0 bridgehead atoms. The van der Waals surface area contributed by atoms with Crippen LogP contribution < -0.4 is 10.6 Å². The van der Waals surface area contributed by atoms with Crippen molar-refractivity contribution in [2.45, 2.75) is 5.92 Å². The number of hydrogen-bond donors (Lipinski definition) is 1. The first kappa shape index (κ1) is 10.1. The number of likely N-dealkylation sites (N-methyl/N-ethyl adjacent to an activating group) is 1. The first-order valence-electron chi connectivity index (χ1n) is 4.54. The topological polar surface area (TPSA) is 29.3 Å². The van der Waals surface area contributed by atoms with Gasteiger partial charge in [0.2, 0.25) is 0 Å². The van der Waals surface area contributed by atoms with Gasteiger partial charge in [0.25, 0.3) is 0 Å². The van der Waals surface area contributed by atoms with Gasteiger partial charge >= 0.3 is 0 Å². The van der Waals surface area contributed by atoms with Crippen LogP contribution >= 0.6 is 23.2 Å². The van der Waals surface area contributed by atoms with Crippen LogP contribution in [0.5, 0.6) is 0 Å². The minimum absolute atomic E-state index is 0.307. The van der Waals surface area contributed by atoms with Gasteiger partial charge in [0.05, 0.1) is 10.7 Å². The summed E-state index contributed by atoms with van der Waals surface area (Å²) in [6.45, 7) is 1.51. The molecule has 0 fully saturated rings. The average molecular weight is 231 g/mol. The Morgan fingerprint density at radius 1 is 1.43 bits per heavy atom. The second kappa shape index (κ2) is 3.61. The zero-order chi connectivity index (χ0) is 10.3. The molecule has 1 aromatic carbocycles. The summed E-state index contributed by atoms with van der Waals surface area (Å²) >= 11 is 12.3. The summed E-state index contributed by atoms with van der Waals surface area (Å²) in [6.07, 6.45) is 0. The maximum Gasteiger partial charge on any atom is 0.0643 e. The highest BCUT2D eigenvalue weighted by molar-refractivity contribution is 6.36. The van der Waals surface area contributed by atoms with Gasteiger partial charge in [-0.3, -0.25) is 0 Å². The van der Waals surface area contributed by atoms with Gasteiger partial charge in [0.1, 0.15) is 0 Å². The Morgan fingerprint density at radius 3 is 2.71 bits per heavy atom. The number of fused-ring (bicyclic) bond motifs is 1. The standard InChI is InChI=1S/C10H12Cl2N2/c1-14-5-6(4-13)9-7(11)2-3-8(12)10(9)14/h2-3,6H,4-5,13H2,1H3. The van der Waals surface area contributed by atoms with Crippen molar-refractivity contribution in [3.05, 3.63) is 27.7 Å². The Hall–Kier alpha value is -0.440. The van der Waals surface area contributed by atoms with E-state index < -0.39 is 0 Å². The van der Waals surface area contributed by atoms with Crippen LogP contribution in [0.15, 0.2) is 12.1 Å². The van der Waals surface area contributed by atoms with E-state index in [9.17, 15) is 0 Å². The molecule has 2 N–H and O–H groups in total. The van der Waals surface area contributed by atoms with Crippen LogP contribution in [0.3, 0.4) is 0 Å². The Balaban J connectivity index is 2.60. The van der Waals surface area contributed by atoms with Crippen molar-refractivity contribution in [2.24, 2.45) is 5.73 Å². The lowest BCUT2D eigenvalue weighted by molar-refractivity contribution is 0.730. The highest BCUT2D eigenvalue weighted by Gasteiger charge is 2.29. The van der Waals surface area contributed by atoms with E-state index in [1.165, 1.54) is 0 Å². The zero-order valence-corrected chi connectivity index (χ0v) is 9.44. The van der Waals surface area contributed by atoms with Crippen molar-refractivity contribution < 1.29 is 0 Å². The van der Waals surface area contributed by atoms with Gasteiger partial charge in [-0.15, -0.1) is 0 Å². The lowest BCUT2D eigenvalue weighted by atomic mass is 10.0. The number of halogens is 2. The molecular weight excluding hydrogens is 219 g/mol. The summed E-state index contributed by atoms with van der Waals surface area (Å²) in [5.74, 6) is 0.307. The molecule has 0 spiro atoms. The lowest BCUT2D eigenvalue weighted by Crippen LogP contribution is -2.20. The van der Waals surface area contributed by atoms with Gasteiger partial charge in [-0.25, -0.2) is 0 Å². The summed E-state index contributed by atoms with van der Waals surface area (Å²) in [7, 11) is 2.01. The van der Waals surface area contributed by atoms with Crippen molar-refractivity contribution in [1.82, 2.24) is 0 Å². The van der Waals surface area contributed by atoms with E-state index in [1.807, 2.05) is 19.2 Å². The molecule has 0 saturated heterocycles. The molecule has 14 heavy (non-hydrogen) atoms. The third-order valence-electron chi connectivity index (χ3n) is 2.68. The number of nitrogens with zero attached hydrogens (tertiary/aromatic N) is 1. The molecule has 76 valence electrons. The van der Waals surface area contributed by atoms with Crippen LogP contribution in [0.1, 0.15) is 11.5 Å². The largest absolute Gasteiger partial charge is 0.372 e. The Labute approximate surface area is 93.6 Å². The molecule has 1 unspecified atom stereocenters. The smallest absolute Gasteiger partial charge is 0.0643 e. The normalized spacial score (nSPS) is 20.0. The van der Waals surface area contributed by atoms with Crippen LogP contribution in [0.25, 0.3) is 0 Å². The van der Waals surface area contributed by atoms with Crippen molar-refractivity contribution in [3.63, 3.8) is 0 Å². The van der Waals surface area contributed by atoms with Gasteiger partial charge < -0.3 is 10.6 Å². The first-order chi connectivity index (χ1) is 6.65. The fraction of sp³-hybridized carbons (Fsp3) is 0.400. The minimum Gasteiger partial charge on any atom is -0.372 e. The Bertz CT molecular complexity index is 365. The summed E-state index contributed by atoms with van der Waals surface area (Å²) in [4.78, 5) is 2.11. The fourth-order valence-electron chi connectivity index (χ4n) is 2.04. The molecule has 1 aliphatic heterocycles.